The van der Waals surface area contributed by atoms with E-state index in [-0.39, 0.29) is 30.2 Å². The van der Waals surface area contributed by atoms with Crippen LogP contribution in [-0.4, -0.2) is 34.6 Å². The van der Waals surface area contributed by atoms with Gasteiger partial charge in [-0.15, -0.1) is 11.8 Å². The molecule has 1 saturated carbocycles. The fourth-order valence-corrected chi connectivity index (χ4v) is 5.98. The molecule has 3 aromatic rings. The van der Waals surface area contributed by atoms with Gasteiger partial charge in [0, 0.05) is 34.3 Å². The Hall–Kier alpha value is -2.28. The number of nitrogens with one attached hydrogen (secondary N) is 1. The first-order valence-corrected chi connectivity index (χ1v) is 15.0. The molecule has 37 heavy (non-hydrogen) atoms. The third-order valence-electron chi connectivity index (χ3n) is 6.68. The molecule has 0 saturated heterocycles. The molecule has 0 aromatic heterocycles. The van der Waals surface area contributed by atoms with Crippen molar-refractivity contribution in [3.8, 4) is 0 Å². The van der Waals surface area contributed by atoms with Gasteiger partial charge in [0.2, 0.25) is 11.8 Å². The largest absolute Gasteiger partial charge is 0.352 e. The van der Waals surface area contributed by atoms with Crippen LogP contribution in [0.15, 0.2) is 83.3 Å². The van der Waals surface area contributed by atoms with Crippen LogP contribution in [0.4, 0.5) is 0 Å². The molecule has 1 aliphatic carbocycles. The van der Waals surface area contributed by atoms with Gasteiger partial charge in [-0.1, -0.05) is 101 Å². The average Bonchev–Trinajstić information content (AvgIpc) is 3.42. The molecule has 7 heteroatoms. The number of amides is 2. The van der Waals surface area contributed by atoms with Crippen LogP contribution in [0.3, 0.4) is 0 Å². The molecule has 0 bridgehead atoms. The van der Waals surface area contributed by atoms with E-state index in [9.17, 15) is 9.59 Å². The van der Waals surface area contributed by atoms with Gasteiger partial charge >= 0.3 is 0 Å². The minimum atomic E-state index is -0.625. The smallest absolute Gasteiger partial charge is 0.243 e. The summed E-state index contributed by atoms with van der Waals surface area (Å²) in [5.41, 5.74) is 3.01. The Morgan fingerprint density at radius 2 is 1.62 bits per heavy atom. The number of nitrogens with zero attached hydrogens (tertiary/aromatic N) is 1. The summed E-state index contributed by atoms with van der Waals surface area (Å²) < 4.78 is 1.03. The molecule has 4 nitrogen and oxygen atoms in total. The van der Waals surface area contributed by atoms with E-state index < -0.39 is 6.04 Å². The van der Waals surface area contributed by atoms with Gasteiger partial charge in [0.1, 0.15) is 6.04 Å². The predicted octanol–water partition coefficient (Wildman–Crippen LogP) is 7.03. The number of hydrogen-bond acceptors (Lipinski definition) is 3. The maximum Gasteiger partial charge on any atom is 0.243 e. The molecular formula is C30H32BrClN2O2S. The highest BCUT2D eigenvalue weighted by molar-refractivity contribution is 9.10. The summed E-state index contributed by atoms with van der Waals surface area (Å²) >= 11 is 11.5. The zero-order chi connectivity index (χ0) is 26.0. The van der Waals surface area contributed by atoms with Crippen LogP contribution < -0.4 is 5.32 Å². The minimum absolute atomic E-state index is 0.0652. The van der Waals surface area contributed by atoms with Crippen LogP contribution in [0.25, 0.3) is 0 Å². The number of benzene rings is 3. The van der Waals surface area contributed by atoms with E-state index in [0.29, 0.717) is 11.4 Å². The number of halogens is 2. The van der Waals surface area contributed by atoms with Gasteiger partial charge in [0.25, 0.3) is 0 Å². The fraction of sp³-hybridized carbons (Fsp3) is 0.333. The second-order valence-electron chi connectivity index (χ2n) is 9.43. The van der Waals surface area contributed by atoms with Crippen LogP contribution >= 0.6 is 39.3 Å². The molecule has 0 aliphatic heterocycles. The molecule has 1 aliphatic rings. The highest BCUT2D eigenvalue weighted by Crippen LogP contribution is 2.24. The van der Waals surface area contributed by atoms with Crippen molar-refractivity contribution in [2.75, 3.05) is 5.75 Å². The molecule has 1 N–H and O–H groups in total. The van der Waals surface area contributed by atoms with E-state index in [0.717, 1.165) is 52.6 Å². The molecule has 0 spiro atoms. The van der Waals surface area contributed by atoms with Crippen molar-refractivity contribution in [2.24, 2.45) is 0 Å². The first-order chi connectivity index (χ1) is 18.0. The van der Waals surface area contributed by atoms with Gasteiger partial charge in [-0.3, -0.25) is 9.59 Å². The molecule has 1 fully saturated rings. The van der Waals surface area contributed by atoms with Crippen LogP contribution in [-0.2, 0) is 28.3 Å². The van der Waals surface area contributed by atoms with Gasteiger partial charge < -0.3 is 10.2 Å². The Morgan fingerprint density at radius 1 is 0.946 bits per heavy atom. The molecule has 0 radical (unpaired) electrons. The summed E-state index contributed by atoms with van der Waals surface area (Å²) in [6.45, 7) is 0.285. The first kappa shape index (κ1) is 27.7. The lowest BCUT2D eigenvalue weighted by Gasteiger charge is -2.32. The Bertz CT molecular complexity index is 1170. The summed E-state index contributed by atoms with van der Waals surface area (Å²) in [6.07, 6.45) is 4.69. The molecule has 4 rings (SSSR count). The Morgan fingerprint density at radius 3 is 2.32 bits per heavy atom. The van der Waals surface area contributed by atoms with Crippen molar-refractivity contribution in [3.05, 3.63) is 105 Å². The zero-order valence-electron chi connectivity index (χ0n) is 20.7. The summed E-state index contributed by atoms with van der Waals surface area (Å²) in [5, 5.41) is 3.84. The molecule has 1 atom stereocenters. The van der Waals surface area contributed by atoms with Crippen LogP contribution in [0, 0.1) is 0 Å². The normalized spacial score (nSPS) is 14.3. The van der Waals surface area contributed by atoms with Crippen molar-refractivity contribution in [2.45, 2.75) is 56.5 Å². The van der Waals surface area contributed by atoms with Crippen LogP contribution in [0.5, 0.6) is 0 Å². The van der Waals surface area contributed by atoms with Gasteiger partial charge in [0.15, 0.2) is 0 Å². The molecule has 0 heterocycles. The highest BCUT2D eigenvalue weighted by atomic mass is 79.9. The van der Waals surface area contributed by atoms with Crippen molar-refractivity contribution in [3.63, 3.8) is 0 Å². The fourth-order valence-electron chi connectivity index (χ4n) is 4.65. The van der Waals surface area contributed by atoms with Gasteiger partial charge in [-0.05, 0) is 47.7 Å². The van der Waals surface area contributed by atoms with E-state index in [4.69, 9.17) is 11.6 Å². The summed E-state index contributed by atoms with van der Waals surface area (Å²) in [4.78, 5) is 29.2. The van der Waals surface area contributed by atoms with Crippen LogP contribution in [0.2, 0.25) is 5.02 Å². The lowest BCUT2D eigenvalue weighted by atomic mass is 10.0. The van der Waals surface area contributed by atoms with Crippen LogP contribution in [0.1, 0.15) is 42.4 Å². The minimum Gasteiger partial charge on any atom is -0.352 e. The van der Waals surface area contributed by atoms with E-state index in [2.05, 4.69) is 33.4 Å². The standard InChI is InChI=1S/C30H32BrClN2O2S/c31-25-16-14-23(15-17-25)20-37-21-29(35)34(19-24-10-4-7-13-27(24)32)28(18-22-8-2-1-3-9-22)30(36)33-26-11-5-6-12-26/h1-4,7-10,13-17,26,28H,5-6,11-12,18-21H2,(H,33,36). The van der Waals surface area contributed by atoms with E-state index in [1.54, 1.807) is 16.7 Å². The number of carbonyl (C=O) groups is 2. The van der Waals surface area contributed by atoms with Crippen molar-refractivity contribution >= 4 is 51.1 Å². The highest BCUT2D eigenvalue weighted by Gasteiger charge is 2.32. The molecule has 2 amide bonds. The second kappa shape index (κ2) is 14.0. The average molecular weight is 600 g/mol. The number of carbonyl (C=O) groups excluding carboxylic acids is 2. The topological polar surface area (TPSA) is 49.4 Å². The number of thioether (sulfide) groups is 1. The SMILES string of the molecule is O=C(NC1CCCC1)C(Cc1ccccc1)N(Cc1ccccc1Cl)C(=O)CSCc1ccc(Br)cc1. The lowest BCUT2D eigenvalue weighted by molar-refractivity contribution is -0.139. The molecule has 194 valence electrons. The number of rotatable bonds is 11. The summed E-state index contributed by atoms with van der Waals surface area (Å²) in [5.74, 6) is 0.845. The molecule has 1 unspecified atom stereocenters. The van der Waals surface area contributed by atoms with Gasteiger partial charge in [-0.25, -0.2) is 0 Å². The lowest BCUT2D eigenvalue weighted by Crippen LogP contribution is -2.52. The predicted molar refractivity (Wildman–Crippen MR) is 157 cm³/mol. The maximum atomic E-state index is 13.8. The summed E-state index contributed by atoms with van der Waals surface area (Å²) in [7, 11) is 0. The van der Waals surface area contributed by atoms with E-state index in [1.165, 1.54) is 0 Å². The van der Waals surface area contributed by atoms with Gasteiger partial charge in [-0.2, -0.15) is 0 Å². The third-order valence-corrected chi connectivity index (χ3v) is 8.56. The third kappa shape index (κ3) is 8.36. The number of hydrogen-bond donors (Lipinski definition) is 1. The molecular weight excluding hydrogens is 568 g/mol. The zero-order valence-corrected chi connectivity index (χ0v) is 23.9. The van der Waals surface area contributed by atoms with Crippen molar-refractivity contribution in [1.82, 2.24) is 10.2 Å². The summed E-state index contributed by atoms with van der Waals surface area (Å²) in [6, 6.07) is 25.1. The molecule has 3 aromatic carbocycles. The maximum absolute atomic E-state index is 13.8. The van der Waals surface area contributed by atoms with E-state index in [1.807, 2.05) is 66.7 Å². The van der Waals surface area contributed by atoms with Crippen molar-refractivity contribution in [1.29, 1.82) is 0 Å². The Balaban J connectivity index is 1.56. The Kier molecular flexibility index (Phi) is 10.5. The van der Waals surface area contributed by atoms with E-state index >= 15 is 0 Å². The van der Waals surface area contributed by atoms with Gasteiger partial charge in [0.05, 0.1) is 5.75 Å². The monoisotopic (exact) mass is 598 g/mol. The van der Waals surface area contributed by atoms with Crippen molar-refractivity contribution < 1.29 is 9.59 Å². The quantitative estimate of drug-likeness (QED) is 0.257. The first-order valence-electron chi connectivity index (χ1n) is 12.7. The Labute approximate surface area is 237 Å². The second-order valence-corrected chi connectivity index (χ2v) is 11.7.